The van der Waals surface area contributed by atoms with Gasteiger partial charge >= 0.3 is 0 Å². The van der Waals surface area contributed by atoms with Gasteiger partial charge in [0.25, 0.3) is 0 Å². The maximum atomic E-state index is 6.88. The minimum atomic E-state index is -0.532. The molecular formula is C59H39NO. The molecule has 12 rings (SSSR count). The third-order valence-corrected chi connectivity index (χ3v) is 12.7. The molecule has 0 aliphatic heterocycles. The first-order valence-electron chi connectivity index (χ1n) is 21.0. The van der Waals surface area contributed by atoms with Crippen LogP contribution < -0.4 is 4.90 Å². The molecular weight excluding hydrogens is 739 g/mol. The normalized spacial score (nSPS) is 12.7. The Morgan fingerprint density at radius 2 is 0.902 bits per heavy atom. The van der Waals surface area contributed by atoms with E-state index < -0.39 is 5.41 Å². The highest BCUT2D eigenvalue weighted by molar-refractivity contribution is 6.14. The van der Waals surface area contributed by atoms with Gasteiger partial charge in [0.05, 0.1) is 16.8 Å². The summed E-state index contributed by atoms with van der Waals surface area (Å²) in [4.78, 5) is 2.47. The van der Waals surface area contributed by atoms with E-state index in [2.05, 4.69) is 241 Å². The van der Waals surface area contributed by atoms with Gasteiger partial charge in [0, 0.05) is 33.2 Å². The fraction of sp³-hybridized carbons (Fsp3) is 0.0169. The van der Waals surface area contributed by atoms with Crippen molar-refractivity contribution in [2.75, 3.05) is 4.90 Å². The zero-order valence-corrected chi connectivity index (χ0v) is 33.4. The highest BCUT2D eigenvalue weighted by atomic mass is 16.3. The predicted octanol–water partition coefficient (Wildman–Crippen LogP) is 15.9. The molecule has 0 bridgehead atoms. The van der Waals surface area contributed by atoms with E-state index in [0.29, 0.717) is 0 Å². The van der Waals surface area contributed by atoms with Crippen LogP contribution in [-0.4, -0.2) is 0 Å². The van der Waals surface area contributed by atoms with E-state index in [9.17, 15) is 0 Å². The summed E-state index contributed by atoms with van der Waals surface area (Å²) in [6.07, 6.45) is 0. The molecule has 2 heteroatoms. The van der Waals surface area contributed by atoms with Crippen molar-refractivity contribution < 1.29 is 4.42 Å². The summed E-state index contributed by atoms with van der Waals surface area (Å²) in [6.45, 7) is 0. The molecule has 11 aromatic rings. The summed E-state index contributed by atoms with van der Waals surface area (Å²) in [7, 11) is 0. The van der Waals surface area contributed by atoms with Crippen LogP contribution in [0.5, 0.6) is 0 Å². The lowest BCUT2D eigenvalue weighted by Crippen LogP contribution is -2.28. The maximum Gasteiger partial charge on any atom is 0.143 e. The summed E-state index contributed by atoms with van der Waals surface area (Å²) >= 11 is 0. The largest absolute Gasteiger partial charge is 0.455 e. The highest BCUT2D eigenvalue weighted by Gasteiger charge is 2.47. The monoisotopic (exact) mass is 777 g/mol. The van der Waals surface area contributed by atoms with E-state index in [-0.39, 0.29) is 0 Å². The summed E-state index contributed by atoms with van der Waals surface area (Å²) in [5, 5.41) is 4.60. The van der Waals surface area contributed by atoms with Gasteiger partial charge in [0.15, 0.2) is 0 Å². The molecule has 10 aromatic carbocycles. The number of fused-ring (bicyclic) bond motifs is 7. The number of para-hydroxylation sites is 2. The fourth-order valence-electron chi connectivity index (χ4n) is 10.1. The van der Waals surface area contributed by atoms with E-state index in [1.807, 2.05) is 0 Å². The van der Waals surface area contributed by atoms with Crippen LogP contribution in [-0.2, 0) is 5.41 Å². The lowest BCUT2D eigenvalue weighted by Gasteiger charge is -2.34. The second-order valence-electron chi connectivity index (χ2n) is 16.0. The van der Waals surface area contributed by atoms with Gasteiger partial charge in [-0.15, -0.1) is 0 Å². The molecule has 1 aliphatic rings. The van der Waals surface area contributed by atoms with E-state index in [1.54, 1.807) is 0 Å². The Balaban J connectivity index is 1.14. The topological polar surface area (TPSA) is 16.4 Å². The summed E-state index contributed by atoms with van der Waals surface area (Å²) in [5.74, 6) is 0. The maximum absolute atomic E-state index is 6.88. The van der Waals surface area contributed by atoms with E-state index >= 15 is 0 Å². The summed E-state index contributed by atoms with van der Waals surface area (Å²) < 4.78 is 6.88. The van der Waals surface area contributed by atoms with Crippen LogP contribution in [0.3, 0.4) is 0 Å². The Labute approximate surface area is 355 Å². The average Bonchev–Trinajstić information content (AvgIpc) is 3.86. The molecule has 0 atom stereocenters. The highest BCUT2D eigenvalue weighted by Crippen LogP contribution is 2.60. The molecule has 2 nitrogen and oxygen atoms in total. The average molecular weight is 778 g/mol. The fourth-order valence-corrected chi connectivity index (χ4v) is 10.1. The molecule has 0 radical (unpaired) electrons. The molecule has 0 unspecified atom stereocenters. The van der Waals surface area contributed by atoms with E-state index in [1.165, 1.54) is 55.3 Å². The molecule has 0 amide bonds. The third-order valence-electron chi connectivity index (χ3n) is 12.7. The second-order valence-corrected chi connectivity index (χ2v) is 16.0. The summed E-state index contributed by atoms with van der Waals surface area (Å²) in [6, 6.07) is 86.0. The second kappa shape index (κ2) is 14.1. The molecule has 0 spiro atoms. The van der Waals surface area contributed by atoms with Crippen LogP contribution in [0.15, 0.2) is 241 Å². The van der Waals surface area contributed by atoms with Gasteiger partial charge in [-0.3, -0.25) is 0 Å². The van der Waals surface area contributed by atoms with Gasteiger partial charge in [0.1, 0.15) is 11.2 Å². The first-order chi connectivity index (χ1) is 30.3. The number of rotatable bonds is 7. The Bertz CT molecular complexity index is 3360. The van der Waals surface area contributed by atoms with Gasteiger partial charge in [-0.05, 0) is 86.1 Å². The van der Waals surface area contributed by atoms with Gasteiger partial charge in [-0.2, -0.15) is 0 Å². The smallest absolute Gasteiger partial charge is 0.143 e. The third kappa shape index (κ3) is 5.43. The van der Waals surface area contributed by atoms with Crippen LogP contribution in [0.1, 0.15) is 22.3 Å². The van der Waals surface area contributed by atoms with Gasteiger partial charge in [0.2, 0.25) is 0 Å². The van der Waals surface area contributed by atoms with Crippen molar-refractivity contribution in [2.45, 2.75) is 5.41 Å². The van der Waals surface area contributed by atoms with Crippen molar-refractivity contribution in [3.63, 3.8) is 0 Å². The van der Waals surface area contributed by atoms with Crippen LogP contribution in [0, 0.1) is 0 Å². The number of anilines is 3. The van der Waals surface area contributed by atoms with Crippen LogP contribution in [0.2, 0.25) is 0 Å². The molecule has 1 aliphatic carbocycles. The van der Waals surface area contributed by atoms with Crippen LogP contribution >= 0.6 is 0 Å². The van der Waals surface area contributed by atoms with Crippen molar-refractivity contribution in [1.82, 2.24) is 0 Å². The van der Waals surface area contributed by atoms with Crippen molar-refractivity contribution >= 4 is 49.8 Å². The lowest BCUT2D eigenvalue weighted by molar-refractivity contribution is 0.670. The Kier molecular flexibility index (Phi) is 8.11. The molecule has 61 heavy (non-hydrogen) atoms. The molecule has 0 N–H and O–H groups in total. The first-order valence-corrected chi connectivity index (χ1v) is 21.0. The zero-order chi connectivity index (χ0) is 40.3. The van der Waals surface area contributed by atoms with Gasteiger partial charge < -0.3 is 9.32 Å². The van der Waals surface area contributed by atoms with E-state index in [4.69, 9.17) is 4.42 Å². The van der Waals surface area contributed by atoms with Crippen LogP contribution in [0.4, 0.5) is 17.1 Å². The van der Waals surface area contributed by atoms with E-state index in [0.717, 1.165) is 50.1 Å². The number of benzene rings is 10. The molecule has 1 aromatic heterocycles. The van der Waals surface area contributed by atoms with Crippen molar-refractivity contribution in [2.24, 2.45) is 0 Å². The SMILES string of the molecule is c1ccc(-c2ccc(N(c3ccccc3-c3cccc4c3oc3cc5ccccc5cc34)c3cccc4c3-c3ccccc3C4(c3ccccc3)c3ccccc3)cc2)cc1. The quantitative estimate of drug-likeness (QED) is 0.160. The van der Waals surface area contributed by atoms with Crippen molar-refractivity contribution in [1.29, 1.82) is 0 Å². The van der Waals surface area contributed by atoms with Gasteiger partial charge in [-0.25, -0.2) is 0 Å². The lowest BCUT2D eigenvalue weighted by atomic mass is 9.68. The zero-order valence-electron chi connectivity index (χ0n) is 33.4. The van der Waals surface area contributed by atoms with Crippen LogP contribution in [0.25, 0.3) is 66.1 Å². The summed E-state index contributed by atoms with van der Waals surface area (Å²) in [5.41, 5.74) is 16.5. The van der Waals surface area contributed by atoms with Crippen molar-refractivity contribution in [3.8, 4) is 33.4 Å². The Morgan fingerprint density at radius 1 is 0.361 bits per heavy atom. The number of nitrogens with zero attached hydrogens (tertiary/aromatic N) is 1. The Hall–Kier alpha value is -7.94. The minimum Gasteiger partial charge on any atom is -0.455 e. The minimum absolute atomic E-state index is 0.532. The molecule has 0 fully saturated rings. The molecule has 1 heterocycles. The number of hydrogen-bond acceptors (Lipinski definition) is 2. The Morgan fingerprint density at radius 3 is 1.64 bits per heavy atom. The molecule has 286 valence electrons. The first kappa shape index (κ1) is 35.0. The molecule has 0 saturated heterocycles. The number of furan rings is 1. The van der Waals surface area contributed by atoms with Gasteiger partial charge in [-0.1, -0.05) is 200 Å². The number of hydrogen-bond donors (Lipinski definition) is 0. The van der Waals surface area contributed by atoms with Crippen molar-refractivity contribution in [3.05, 3.63) is 259 Å². The standard InChI is InChI=1S/C59H39NO/c1-4-18-40(19-5-1)41-34-36-46(37-35-41)60(54-32-15-13-26-47(54)48-28-16-29-49-51-38-42-20-10-11-21-43(42)39-56(51)61-58(48)49)55-33-17-31-53-57(55)50-27-12-14-30-52(50)59(53,44-22-6-2-7-23-44)45-24-8-3-9-25-45/h1-39H. The molecule has 0 saturated carbocycles. The predicted molar refractivity (Wildman–Crippen MR) is 254 cm³/mol.